The number of carbonyl (C=O) groups is 2. The SMILES string of the molecule is CCn1c(C(=O)N2CCC[C@H](C(=O)N3CCN(c4ncccn4)CC3)C2)cc2sccc21. The van der Waals surface area contributed by atoms with Crippen LogP contribution in [0.4, 0.5) is 5.95 Å². The average molecular weight is 453 g/mol. The molecular weight excluding hydrogens is 424 g/mol. The van der Waals surface area contributed by atoms with Crippen molar-refractivity contribution in [1.82, 2.24) is 24.3 Å². The van der Waals surface area contributed by atoms with Crippen LogP contribution in [0.5, 0.6) is 0 Å². The molecule has 32 heavy (non-hydrogen) atoms. The van der Waals surface area contributed by atoms with Crippen molar-refractivity contribution >= 4 is 39.3 Å². The lowest BCUT2D eigenvalue weighted by Gasteiger charge is -2.39. The van der Waals surface area contributed by atoms with E-state index in [1.165, 1.54) is 0 Å². The average Bonchev–Trinajstić information content (AvgIpc) is 3.45. The largest absolute Gasteiger partial charge is 0.339 e. The standard InChI is InChI=1S/C23H28N6O2S/c1-2-29-18-6-14-32-20(18)15-19(29)22(31)28-9-3-5-17(16-28)21(30)26-10-12-27(13-11-26)23-24-7-4-8-25-23/h4,6-8,14-15,17H,2-3,5,9-13,16H2,1H3/t17-/m0/s1. The summed E-state index contributed by atoms with van der Waals surface area (Å²) in [5.74, 6) is 0.799. The number of hydrogen-bond donors (Lipinski definition) is 0. The molecule has 3 aromatic rings. The zero-order valence-corrected chi connectivity index (χ0v) is 19.1. The molecule has 2 amide bonds. The molecule has 0 N–H and O–H groups in total. The Hall–Kier alpha value is -2.94. The van der Waals surface area contributed by atoms with E-state index in [0.717, 1.165) is 48.4 Å². The number of carbonyl (C=O) groups excluding carboxylic acids is 2. The fourth-order valence-electron chi connectivity index (χ4n) is 4.86. The Bertz CT molecular complexity index is 1100. The Morgan fingerprint density at radius 3 is 2.62 bits per heavy atom. The van der Waals surface area contributed by atoms with Gasteiger partial charge in [-0.15, -0.1) is 11.3 Å². The molecule has 2 aliphatic rings. The molecule has 9 heteroatoms. The number of amides is 2. The van der Waals surface area contributed by atoms with Gasteiger partial charge in [0.15, 0.2) is 0 Å². The van der Waals surface area contributed by atoms with Gasteiger partial charge < -0.3 is 19.3 Å². The Labute approximate surface area is 191 Å². The minimum atomic E-state index is -0.126. The summed E-state index contributed by atoms with van der Waals surface area (Å²) < 4.78 is 3.23. The zero-order valence-electron chi connectivity index (χ0n) is 18.3. The number of aryl methyl sites for hydroxylation is 1. The number of rotatable bonds is 4. The van der Waals surface area contributed by atoms with Gasteiger partial charge in [-0.1, -0.05) is 0 Å². The molecule has 0 aromatic carbocycles. The van der Waals surface area contributed by atoms with E-state index in [2.05, 4.69) is 37.8 Å². The van der Waals surface area contributed by atoms with E-state index in [4.69, 9.17) is 0 Å². The van der Waals surface area contributed by atoms with Crippen molar-refractivity contribution in [3.63, 3.8) is 0 Å². The second kappa shape index (κ2) is 8.90. The van der Waals surface area contributed by atoms with E-state index in [-0.39, 0.29) is 17.7 Å². The number of thiophene rings is 1. The quantitative estimate of drug-likeness (QED) is 0.609. The normalized spacial score (nSPS) is 19.5. The first-order valence-corrected chi connectivity index (χ1v) is 12.2. The molecule has 2 fully saturated rings. The van der Waals surface area contributed by atoms with Gasteiger partial charge in [-0.3, -0.25) is 9.59 Å². The molecule has 5 heterocycles. The van der Waals surface area contributed by atoms with Gasteiger partial charge in [0.2, 0.25) is 11.9 Å². The van der Waals surface area contributed by atoms with Crippen LogP contribution in [0.2, 0.25) is 0 Å². The van der Waals surface area contributed by atoms with Crippen molar-refractivity contribution in [2.24, 2.45) is 5.92 Å². The van der Waals surface area contributed by atoms with Crippen LogP contribution in [0.25, 0.3) is 10.2 Å². The molecule has 2 saturated heterocycles. The number of hydrogen-bond acceptors (Lipinski definition) is 6. The molecule has 0 unspecified atom stereocenters. The fourth-order valence-corrected chi connectivity index (χ4v) is 5.68. The molecule has 5 rings (SSSR count). The lowest BCUT2D eigenvalue weighted by molar-refractivity contribution is -0.137. The van der Waals surface area contributed by atoms with Crippen LogP contribution in [0.15, 0.2) is 36.0 Å². The van der Waals surface area contributed by atoms with E-state index in [9.17, 15) is 9.59 Å². The molecule has 1 atom stereocenters. The molecule has 8 nitrogen and oxygen atoms in total. The highest BCUT2D eigenvalue weighted by atomic mass is 32.1. The van der Waals surface area contributed by atoms with E-state index in [1.54, 1.807) is 29.8 Å². The highest BCUT2D eigenvalue weighted by Gasteiger charge is 2.34. The van der Waals surface area contributed by atoms with Gasteiger partial charge >= 0.3 is 0 Å². The van der Waals surface area contributed by atoms with Crippen LogP contribution in [-0.2, 0) is 11.3 Å². The van der Waals surface area contributed by atoms with Gasteiger partial charge in [0.25, 0.3) is 5.91 Å². The Kier molecular flexibility index (Phi) is 5.82. The lowest BCUT2D eigenvalue weighted by atomic mass is 9.96. The van der Waals surface area contributed by atoms with Crippen LogP contribution >= 0.6 is 11.3 Å². The minimum Gasteiger partial charge on any atom is -0.339 e. The maximum atomic E-state index is 13.4. The summed E-state index contributed by atoms with van der Waals surface area (Å²) in [7, 11) is 0. The first-order valence-electron chi connectivity index (χ1n) is 11.3. The minimum absolute atomic E-state index is 0.0406. The smallest absolute Gasteiger partial charge is 0.270 e. The van der Waals surface area contributed by atoms with Gasteiger partial charge in [0.1, 0.15) is 5.69 Å². The van der Waals surface area contributed by atoms with E-state index >= 15 is 0 Å². The Morgan fingerprint density at radius 2 is 1.88 bits per heavy atom. The molecule has 0 aliphatic carbocycles. The number of nitrogens with zero attached hydrogens (tertiary/aromatic N) is 6. The van der Waals surface area contributed by atoms with E-state index < -0.39 is 0 Å². The second-order valence-electron chi connectivity index (χ2n) is 8.40. The molecule has 2 aliphatic heterocycles. The zero-order chi connectivity index (χ0) is 22.1. The number of fused-ring (bicyclic) bond motifs is 1. The summed E-state index contributed by atoms with van der Waals surface area (Å²) in [6, 6.07) is 5.88. The Balaban J connectivity index is 1.23. The first kappa shape index (κ1) is 20.9. The fraction of sp³-hybridized carbons (Fsp3) is 0.478. The monoisotopic (exact) mass is 452 g/mol. The summed E-state index contributed by atoms with van der Waals surface area (Å²) in [5.41, 5.74) is 1.85. The first-order chi connectivity index (χ1) is 15.7. The molecule has 0 bridgehead atoms. The van der Waals surface area contributed by atoms with Gasteiger partial charge in [-0.25, -0.2) is 9.97 Å². The molecule has 0 saturated carbocycles. The Morgan fingerprint density at radius 1 is 1.09 bits per heavy atom. The molecular formula is C23H28N6O2S. The number of piperidine rings is 1. The van der Waals surface area contributed by atoms with Gasteiger partial charge in [-0.2, -0.15) is 0 Å². The van der Waals surface area contributed by atoms with Crippen LogP contribution in [0, 0.1) is 5.92 Å². The van der Waals surface area contributed by atoms with Crippen LogP contribution in [0.1, 0.15) is 30.3 Å². The third-order valence-corrected chi connectivity index (χ3v) is 7.40. The molecule has 3 aromatic heterocycles. The maximum absolute atomic E-state index is 13.4. The van der Waals surface area contributed by atoms with Crippen LogP contribution < -0.4 is 4.90 Å². The van der Waals surface area contributed by atoms with Gasteiger partial charge in [-0.05, 0) is 43.3 Å². The van der Waals surface area contributed by atoms with Crippen molar-refractivity contribution in [1.29, 1.82) is 0 Å². The number of piperazine rings is 1. The van der Waals surface area contributed by atoms with Crippen LogP contribution in [0.3, 0.4) is 0 Å². The summed E-state index contributed by atoms with van der Waals surface area (Å²) in [5, 5.41) is 2.06. The predicted molar refractivity (Wildman–Crippen MR) is 125 cm³/mol. The van der Waals surface area contributed by atoms with Crippen molar-refractivity contribution in [3.8, 4) is 0 Å². The number of likely N-dealkylation sites (tertiary alicyclic amines) is 1. The summed E-state index contributed by atoms with van der Waals surface area (Å²) in [6.45, 7) is 6.82. The van der Waals surface area contributed by atoms with Crippen molar-refractivity contribution in [2.75, 3.05) is 44.2 Å². The van der Waals surface area contributed by atoms with Crippen molar-refractivity contribution in [3.05, 3.63) is 41.7 Å². The number of aromatic nitrogens is 3. The van der Waals surface area contributed by atoms with Crippen molar-refractivity contribution in [2.45, 2.75) is 26.3 Å². The van der Waals surface area contributed by atoms with Crippen LogP contribution in [-0.4, -0.2) is 75.4 Å². The third-order valence-electron chi connectivity index (χ3n) is 6.54. The van der Waals surface area contributed by atoms with Crippen molar-refractivity contribution < 1.29 is 9.59 Å². The maximum Gasteiger partial charge on any atom is 0.270 e. The van der Waals surface area contributed by atoms with Gasteiger partial charge in [0.05, 0.1) is 16.1 Å². The lowest BCUT2D eigenvalue weighted by Crippen LogP contribution is -2.53. The second-order valence-corrected chi connectivity index (χ2v) is 9.34. The predicted octanol–water partition coefficient (Wildman–Crippen LogP) is 2.71. The highest BCUT2D eigenvalue weighted by molar-refractivity contribution is 7.17. The summed E-state index contributed by atoms with van der Waals surface area (Å²) >= 11 is 1.66. The molecule has 0 spiro atoms. The van der Waals surface area contributed by atoms with E-state index in [0.29, 0.717) is 32.1 Å². The molecule has 0 radical (unpaired) electrons. The van der Waals surface area contributed by atoms with E-state index in [1.807, 2.05) is 15.9 Å². The topological polar surface area (TPSA) is 74.6 Å². The third kappa shape index (κ3) is 3.85. The summed E-state index contributed by atoms with van der Waals surface area (Å²) in [4.78, 5) is 41.2. The van der Waals surface area contributed by atoms with Gasteiger partial charge in [0, 0.05) is 58.2 Å². The highest BCUT2D eigenvalue weighted by Crippen LogP contribution is 2.28. The summed E-state index contributed by atoms with van der Waals surface area (Å²) in [6.07, 6.45) is 5.19. The number of anilines is 1. The molecule has 168 valence electrons.